The average molecular weight is 274 g/mol. The first-order valence-corrected chi connectivity index (χ1v) is 5.94. The lowest BCUT2D eigenvalue weighted by molar-refractivity contribution is -0.274. The van der Waals surface area contributed by atoms with E-state index in [4.69, 9.17) is 0 Å². The fourth-order valence-corrected chi connectivity index (χ4v) is 2.31. The standard InChI is InChI=1S/C13H13F3O3/c14-13(15,16)19-10-6-2-1-5-9(10)11(17)12(18)7-3-4-8-12/h1-2,5-6,18H,3-4,7-8H2. The fourth-order valence-electron chi connectivity index (χ4n) is 2.31. The molecule has 0 unspecified atom stereocenters. The Kier molecular flexibility index (Phi) is 3.54. The molecule has 0 amide bonds. The molecule has 1 aliphatic carbocycles. The molecule has 0 spiro atoms. The zero-order chi connectivity index (χ0) is 14.1. The van der Waals surface area contributed by atoms with Crippen LogP contribution in [0.1, 0.15) is 36.0 Å². The zero-order valence-corrected chi connectivity index (χ0v) is 10.0. The number of hydrogen-bond acceptors (Lipinski definition) is 3. The van der Waals surface area contributed by atoms with Gasteiger partial charge in [0.2, 0.25) is 0 Å². The third-order valence-corrected chi connectivity index (χ3v) is 3.21. The van der Waals surface area contributed by atoms with Gasteiger partial charge >= 0.3 is 6.36 Å². The summed E-state index contributed by atoms with van der Waals surface area (Å²) in [4.78, 5) is 12.2. The van der Waals surface area contributed by atoms with Crippen molar-refractivity contribution < 1.29 is 27.8 Å². The smallest absolute Gasteiger partial charge is 0.405 e. The molecular weight excluding hydrogens is 261 g/mol. The molecule has 0 aliphatic heterocycles. The highest BCUT2D eigenvalue weighted by molar-refractivity contribution is 6.04. The quantitative estimate of drug-likeness (QED) is 0.862. The van der Waals surface area contributed by atoms with Crippen LogP contribution >= 0.6 is 0 Å². The summed E-state index contributed by atoms with van der Waals surface area (Å²) in [6.07, 6.45) is -2.96. The molecule has 1 N–H and O–H groups in total. The molecule has 0 aromatic heterocycles. The minimum Gasteiger partial charge on any atom is -0.405 e. The van der Waals surface area contributed by atoms with Crippen molar-refractivity contribution in [1.82, 2.24) is 0 Å². The van der Waals surface area contributed by atoms with E-state index in [1.165, 1.54) is 18.2 Å². The Hall–Kier alpha value is -1.56. The van der Waals surface area contributed by atoms with Crippen LogP contribution in [0.5, 0.6) is 5.75 Å². The molecule has 1 aliphatic rings. The zero-order valence-electron chi connectivity index (χ0n) is 10.0. The van der Waals surface area contributed by atoms with Gasteiger partial charge in [0, 0.05) is 0 Å². The highest BCUT2D eigenvalue weighted by Gasteiger charge is 2.41. The second kappa shape index (κ2) is 4.85. The molecule has 0 radical (unpaired) electrons. The number of carbonyl (C=O) groups is 1. The number of para-hydroxylation sites is 1. The van der Waals surface area contributed by atoms with Crippen LogP contribution < -0.4 is 4.74 Å². The number of hydrogen-bond donors (Lipinski definition) is 1. The first kappa shape index (κ1) is 13.9. The number of alkyl halides is 3. The lowest BCUT2D eigenvalue weighted by Gasteiger charge is -2.22. The maximum absolute atomic E-state index is 12.3. The van der Waals surface area contributed by atoms with Crippen LogP contribution in [-0.4, -0.2) is 22.9 Å². The van der Waals surface area contributed by atoms with Crippen molar-refractivity contribution in [2.45, 2.75) is 37.6 Å². The first-order valence-electron chi connectivity index (χ1n) is 5.94. The predicted octanol–water partition coefficient (Wildman–Crippen LogP) is 3.07. The Balaban J connectivity index is 2.32. The monoisotopic (exact) mass is 274 g/mol. The van der Waals surface area contributed by atoms with Crippen molar-refractivity contribution in [2.75, 3.05) is 0 Å². The first-order chi connectivity index (χ1) is 8.82. The van der Waals surface area contributed by atoms with Crippen molar-refractivity contribution >= 4 is 5.78 Å². The van der Waals surface area contributed by atoms with Gasteiger partial charge in [-0.25, -0.2) is 0 Å². The number of benzene rings is 1. The van der Waals surface area contributed by atoms with Crippen molar-refractivity contribution in [3.63, 3.8) is 0 Å². The largest absolute Gasteiger partial charge is 0.573 e. The summed E-state index contributed by atoms with van der Waals surface area (Å²) in [6.45, 7) is 0. The summed E-state index contributed by atoms with van der Waals surface area (Å²) in [5, 5.41) is 10.1. The number of aliphatic hydroxyl groups is 1. The molecule has 3 nitrogen and oxygen atoms in total. The summed E-state index contributed by atoms with van der Waals surface area (Å²) in [6, 6.07) is 5.09. The Labute approximate surface area is 108 Å². The minimum atomic E-state index is -4.87. The van der Waals surface area contributed by atoms with Gasteiger partial charge in [-0.3, -0.25) is 4.79 Å². The summed E-state index contributed by atoms with van der Waals surface area (Å²) in [5.74, 6) is -1.27. The third-order valence-electron chi connectivity index (χ3n) is 3.21. The molecule has 104 valence electrons. The van der Waals surface area contributed by atoms with Crippen LogP contribution in [0.2, 0.25) is 0 Å². The van der Waals surface area contributed by atoms with E-state index in [0.29, 0.717) is 12.8 Å². The lowest BCUT2D eigenvalue weighted by atomic mass is 9.91. The van der Waals surface area contributed by atoms with E-state index in [9.17, 15) is 23.1 Å². The van der Waals surface area contributed by atoms with Crippen LogP contribution in [0.4, 0.5) is 13.2 Å². The van der Waals surface area contributed by atoms with Gasteiger partial charge in [0.1, 0.15) is 11.4 Å². The molecular formula is C13H13F3O3. The maximum Gasteiger partial charge on any atom is 0.573 e. The Morgan fingerprint density at radius 3 is 2.37 bits per heavy atom. The maximum atomic E-state index is 12.3. The van der Waals surface area contributed by atoms with E-state index >= 15 is 0 Å². The Morgan fingerprint density at radius 1 is 1.21 bits per heavy atom. The number of carbonyl (C=O) groups excluding carboxylic acids is 1. The van der Waals surface area contributed by atoms with Gasteiger partial charge in [0.05, 0.1) is 5.56 Å². The molecule has 19 heavy (non-hydrogen) atoms. The molecule has 2 rings (SSSR count). The van der Waals surface area contributed by atoms with Crippen molar-refractivity contribution in [3.8, 4) is 5.75 Å². The van der Waals surface area contributed by atoms with Gasteiger partial charge in [0.25, 0.3) is 0 Å². The van der Waals surface area contributed by atoms with Gasteiger partial charge in [-0.2, -0.15) is 0 Å². The number of ketones is 1. The molecule has 1 fully saturated rings. The van der Waals surface area contributed by atoms with E-state index in [-0.39, 0.29) is 18.4 Å². The van der Waals surface area contributed by atoms with Gasteiger partial charge in [-0.15, -0.1) is 13.2 Å². The van der Waals surface area contributed by atoms with Crippen molar-refractivity contribution in [2.24, 2.45) is 0 Å². The van der Waals surface area contributed by atoms with E-state index in [0.717, 1.165) is 6.07 Å². The topological polar surface area (TPSA) is 46.5 Å². The van der Waals surface area contributed by atoms with Gasteiger partial charge in [-0.1, -0.05) is 12.1 Å². The Bertz CT molecular complexity index is 476. The molecule has 0 heterocycles. The number of rotatable bonds is 3. The predicted molar refractivity (Wildman–Crippen MR) is 60.9 cm³/mol. The van der Waals surface area contributed by atoms with Crippen LogP contribution in [0.25, 0.3) is 0 Å². The second-order valence-electron chi connectivity index (χ2n) is 4.61. The molecule has 1 saturated carbocycles. The lowest BCUT2D eigenvalue weighted by Crippen LogP contribution is -2.36. The highest BCUT2D eigenvalue weighted by Crippen LogP contribution is 2.36. The SMILES string of the molecule is O=C(c1ccccc1OC(F)(F)F)C1(O)CCCC1. The van der Waals surface area contributed by atoms with Crippen molar-refractivity contribution in [1.29, 1.82) is 0 Å². The summed E-state index contributed by atoms with van der Waals surface area (Å²) >= 11 is 0. The van der Waals surface area contributed by atoms with E-state index in [2.05, 4.69) is 4.74 Å². The number of Topliss-reactive ketones (excluding diaryl/α,β-unsaturated/α-hetero) is 1. The summed E-state index contributed by atoms with van der Waals surface area (Å²) in [5.41, 5.74) is -1.80. The molecule has 0 bridgehead atoms. The van der Waals surface area contributed by atoms with Crippen LogP contribution in [0.3, 0.4) is 0 Å². The summed E-state index contributed by atoms with van der Waals surface area (Å²) in [7, 11) is 0. The van der Waals surface area contributed by atoms with Gasteiger partial charge in [-0.05, 0) is 37.8 Å². The Morgan fingerprint density at radius 2 is 1.79 bits per heavy atom. The van der Waals surface area contributed by atoms with E-state index < -0.39 is 23.5 Å². The summed E-state index contributed by atoms with van der Waals surface area (Å²) < 4.78 is 40.6. The minimum absolute atomic E-state index is 0.232. The van der Waals surface area contributed by atoms with Crippen LogP contribution in [0.15, 0.2) is 24.3 Å². The molecule has 0 atom stereocenters. The van der Waals surface area contributed by atoms with Gasteiger partial charge < -0.3 is 9.84 Å². The third kappa shape index (κ3) is 3.07. The second-order valence-corrected chi connectivity index (χ2v) is 4.61. The fraction of sp³-hybridized carbons (Fsp3) is 0.462. The number of ether oxygens (including phenoxy) is 1. The molecule has 6 heteroatoms. The molecule has 1 aromatic rings. The van der Waals surface area contributed by atoms with E-state index in [1.54, 1.807) is 0 Å². The van der Waals surface area contributed by atoms with E-state index in [1.807, 2.05) is 0 Å². The molecule has 1 aromatic carbocycles. The van der Waals surface area contributed by atoms with Gasteiger partial charge in [0.15, 0.2) is 5.78 Å². The number of halogens is 3. The van der Waals surface area contributed by atoms with Crippen LogP contribution in [0, 0.1) is 0 Å². The normalized spacial score (nSPS) is 18.3. The molecule has 0 saturated heterocycles. The van der Waals surface area contributed by atoms with Crippen molar-refractivity contribution in [3.05, 3.63) is 29.8 Å². The highest BCUT2D eigenvalue weighted by atomic mass is 19.4. The van der Waals surface area contributed by atoms with Crippen LogP contribution in [-0.2, 0) is 0 Å². The average Bonchev–Trinajstić information content (AvgIpc) is 2.75.